The first kappa shape index (κ1) is 24.6. The van der Waals surface area contributed by atoms with Crippen molar-refractivity contribution in [3.8, 4) is 5.75 Å². The normalized spacial score (nSPS) is 11.6. The van der Waals surface area contributed by atoms with Gasteiger partial charge in [0, 0.05) is 35.2 Å². The predicted molar refractivity (Wildman–Crippen MR) is 150 cm³/mol. The fraction of sp³-hybridized carbons (Fsp3) is 0.233. The highest BCUT2D eigenvalue weighted by atomic mass is 35.5. The molecule has 0 spiro atoms. The molecule has 0 N–H and O–H groups in total. The van der Waals surface area contributed by atoms with Gasteiger partial charge in [-0.2, -0.15) is 0 Å². The summed E-state index contributed by atoms with van der Waals surface area (Å²) >= 11 is 12.8. The molecule has 0 saturated carbocycles. The average molecular weight is 518 g/mol. The third-order valence-electron chi connectivity index (χ3n) is 6.50. The van der Waals surface area contributed by atoms with Gasteiger partial charge < -0.3 is 9.30 Å². The Morgan fingerprint density at radius 2 is 1.67 bits per heavy atom. The summed E-state index contributed by atoms with van der Waals surface area (Å²) in [5.41, 5.74) is 4.36. The molecule has 36 heavy (non-hydrogen) atoms. The van der Waals surface area contributed by atoms with Crippen LogP contribution in [0.1, 0.15) is 30.8 Å². The van der Waals surface area contributed by atoms with Crippen molar-refractivity contribution < 1.29 is 4.74 Å². The number of halogens is 2. The van der Waals surface area contributed by atoms with Crippen LogP contribution in [0.25, 0.3) is 21.8 Å². The molecule has 184 valence electrons. The predicted octanol–water partition coefficient (Wildman–Crippen LogP) is 8.12. The summed E-state index contributed by atoms with van der Waals surface area (Å²) in [6.07, 6.45) is 0. The van der Waals surface area contributed by atoms with Gasteiger partial charge in [0.2, 0.25) is 0 Å². The second kappa shape index (κ2) is 10.9. The summed E-state index contributed by atoms with van der Waals surface area (Å²) in [5.74, 6) is 1.94. The Hall–Kier alpha value is -3.05. The van der Waals surface area contributed by atoms with E-state index in [9.17, 15) is 0 Å². The molecule has 4 nitrogen and oxygen atoms in total. The molecular weight excluding hydrogens is 489 g/mol. The number of hydrogen-bond acceptors (Lipinski definition) is 3. The van der Waals surface area contributed by atoms with Crippen LogP contribution in [0.2, 0.25) is 10.0 Å². The van der Waals surface area contributed by atoms with Crippen molar-refractivity contribution >= 4 is 45.0 Å². The zero-order valence-electron chi connectivity index (χ0n) is 20.5. The molecule has 5 rings (SSSR count). The van der Waals surface area contributed by atoms with E-state index >= 15 is 0 Å². The molecule has 0 aliphatic heterocycles. The second-order valence-corrected chi connectivity index (χ2v) is 9.68. The van der Waals surface area contributed by atoms with Gasteiger partial charge in [0.15, 0.2) is 0 Å². The zero-order valence-corrected chi connectivity index (χ0v) is 22.1. The van der Waals surface area contributed by atoms with Crippen molar-refractivity contribution in [1.29, 1.82) is 0 Å². The summed E-state index contributed by atoms with van der Waals surface area (Å²) < 4.78 is 8.38. The second-order valence-electron chi connectivity index (χ2n) is 8.84. The fourth-order valence-electron chi connectivity index (χ4n) is 4.85. The summed E-state index contributed by atoms with van der Waals surface area (Å²) in [4.78, 5) is 7.38. The Morgan fingerprint density at radius 3 is 2.47 bits per heavy atom. The number of benzene rings is 4. The smallest absolute Gasteiger partial charge is 0.124 e. The molecule has 0 unspecified atom stereocenters. The van der Waals surface area contributed by atoms with Gasteiger partial charge in [-0.3, -0.25) is 4.90 Å². The first-order valence-corrected chi connectivity index (χ1v) is 13.1. The molecule has 0 amide bonds. The average Bonchev–Trinajstić information content (AvgIpc) is 3.24. The van der Waals surface area contributed by atoms with Crippen molar-refractivity contribution in [2.45, 2.75) is 40.0 Å². The Morgan fingerprint density at radius 1 is 0.861 bits per heavy atom. The molecule has 5 aromatic rings. The highest BCUT2D eigenvalue weighted by Crippen LogP contribution is 2.32. The number of nitrogens with zero attached hydrogens (tertiary/aromatic N) is 3. The Labute approximate surface area is 222 Å². The number of ether oxygens (including phenoxy) is 1. The molecule has 0 aliphatic rings. The number of para-hydroxylation sites is 2. The molecule has 0 saturated heterocycles. The lowest BCUT2D eigenvalue weighted by atomic mass is 10.0. The van der Waals surface area contributed by atoms with Gasteiger partial charge in [-0.25, -0.2) is 4.98 Å². The van der Waals surface area contributed by atoms with E-state index in [-0.39, 0.29) is 0 Å². The van der Waals surface area contributed by atoms with Crippen molar-refractivity contribution in [2.75, 3.05) is 6.61 Å². The first-order valence-electron chi connectivity index (χ1n) is 12.3. The lowest BCUT2D eigenvalue weighted by Crippen LogP contribution is -2.25. The lowest BCUT2D eigenvalue weighted by molar-refractivity contribution is 0.233. The first-order chi connectivity index (χ1) is 17.6. The summed E-state index contributed by atoms with van der Waals surface area (Å²) in [5, 5.41) is 3.69. The van der Waals surface area contributed by atoms with Crippen LogP contribution in [-0.4, -0.2) is 21.1 Å². The minimum absolute atomic E-state index is 0.611. The van der Waals surface area contributed by atoms with Crippen LogP contribution in [0.4, 0.5) is 0 Å². The van der Waals surface area contributed by atoms with Gasteiger partial charge in [-0.1, -0.05) is 71.7 Å². The minimum Gasteiger partial charge on any atom is -0.494 e. The van der Waals surface area contributed by atoms with Crippen LogP contribution in [0.5, 0.6) is 5.75 Å². The Balaban J connectivity index is 1.58. The fourth-order valence-corrected chi connectivity index (χ4v) is 5.32. The lowest BCUT2D eigenvalue weighted by Gasteiger charge is -2.25. The molecule has 1 heterocycles. The van der Waals surface area contributed by atoms with Crippen LogP contribution in [0, 0.1) is 0 Å². The van der Waals surface area contributed by atoms with Crippen LogP contribution in [-0.2, 0) is 26.2 Å². The third-order valence-corrected chi connectivity index (χ3v) is 7.09. The van der Waals surface area contributed by atoms with Gasteiger partial charge >= 0.3 is 0 Å². The van der Waals surface area contributed by atoms with E-state index in [2.05, 4.69) is 71.0 Å². The zero-order chi connectivity index (χ0) is 25.1. The van der Waals surface area contributed by atoms with Crippen molar-refractivity contribution in [2.24, 2.45) is 0 Å². The van der Waals surface area contributed by atoms with Gasteiger partial charge in [0.1, 0.15) is 11.6 Å². The molecule has 1 aromatic heterocycles. The van der Waals surface area contributed by atoms with E-state index < -0.39 is 0 Å². The van der Waals surface area contributed by atoms with Crippen molar-refractivity contribution in [3.05, 3.63) is 106 Å². The van der Waals surface area contributed by atoms with Gasteiger partial charge in [-0.05, 0) is 60.5 Å². The van der Waals surface area contributed by atoms with E-state index in [1.165, 1.54) is 16.3 Å². The molecule has 6 heteroatoms. The molecule has 0 radical (unpaired) electrons. The van der Waals surface area contributed by atoms with E-state index in [1.54, 1.807) is 6.07 Å². The maximum atomic E-state index is 6.62. The number of aryl methyl sites for hydroxylation is 1. The highest BCUT2D eigenvalue weighted by molar-refractivity contribution is 6.35. The molecule has 0 bridgehead atoms. The minimum atomic E-state index is 0.611. The number of hydrogen-bond donors (Lipinski definition) is 0. The monoisotopic (exact) mass is 517 g/mol. The van der Waals surface area contributed by atoms with E-state index in [0.29, 0.717) is 36.3 Å². The number of imidazole rings is 1. The molecule has 4 aromatic carbocycles. The Kier molecular flexibility index (Phi) is 7.47. The highest BCUT2D eigenvalue weighted by Gasteiger charge is 2.19. The number of aromatic nitrogens is 2. The molecular formula is C30H29Cl2N3O. The van der Waals surface area contributed by atoms with E-state index in [0.717, 1.165) is 34.7 Å². The largest absolute Gasteiger partial charge is 0.494 e. The summed E-state index contributed by atoms with van der Waals surface area (Å²) in [7, 11) is 0. The SMILES string of the molecule is CCOc1ccc2ccccc2c1CN(Cc1ccc(Cl)cc1Cl)Cc1nc2ccccc2n1CC. The summed E-state index contributed by atoms with van der Waals surface area (Å²) in [6, 6.07) is 26.7. The number of fused-ring (bicyclic) bond motifs is 2. The van der Waals surface area contributed by atoms with E-state index in [4.69, 9.17) is 32.9 Å². The topological polar surface area (TPSA) is 30.3 Å². The third kappa shape index (κ3) is 5.08. The molecule has 0 aliphatic carbocycles. The molecule has 0 fully saturated rings. The van der Waals surface area contributed by atoms with Crippen LogP contribution in [0.15, 0.2) is 78.9 Å². The Bertz CT molecular complexity index is 1510. The molecule has 0 atom stereocenters. The van der Waals surface area contributed by atoms with Crippen LogP contribution in [0.3, 0.4) is 0 Å². The maximum absolute atomic E-state index is 6.62. The van der Waals surface area contributed by atoms with Gasteiger partial charge in [0.25, 0.3) is 0 Å². The van der Waals surface area contributed by atoms with Crippen LogP contribution >= 0.6 is 23.2 Å². The van der Waals surface area contributed by atoms with E-state index in [1.807, 2.05) is 25.1 Å². The quantitative estimate of drug-likeness (QED) is 0.197. The van der Waals surface area contributed by atoms with Gasteiger partial charge in [0.05, 0.1) is 24.2 Å². The number of rotatable bonds is 9. The van der Waals surface area contributed by atoms with Crippen molar-refractivity contribution in [1.82, 2.24) is 14.5 Å². The maximum Gasteiger partial charge on any atom is 0.124 e. The van der Waals surface area contributed by atoms with Gasteiger partial charge in [-0.15, -0.1) is 0 Å². The summed E-state index contributed by atoms with van der Waals surface area (Å²) in [6.45, 7) is 7.64. The van der Waals surface area contributed by atoms with Crippen molar-refractivity contribution in [3.63, 3.8) is 0 Å². The standard InChI is InChI=1S/C30H29Cl2N3O/c1-3-35-28-12-8-7-11-27(28)33-30(35)20-34(18-22-13-15-23(31)17-26(22)32)19-25-24-10-6-5-9-21(24)14-16-29(25)36-4-2/h5-17H,3-4,18-20H2,1-2H3. The van der Waals surface area contributed by atoms with Crippen LogP contribution < -0.4 is 4.74 Å².